The molecule has 0 radical (unpaired) electrons. The Hall–Kier alpha value is -0.600. The van der Waals surface area contributed by atoms with Crippen molar-refractivity contribution in [1.29, 1.82) is 0 Å². The van der Waals surface area contributed by atoms with Crippen molar-refractivity contribution in [3.63, 3.8) is 0 Å². The fourth-order valence-electron chi connectivity index (χ4n) is 1.64. The number of nitrogens with two attached hydrogens (primary N) is 1. The Balaban J connectivity index is 2.36. The lowest BCUT2D eigenvalue weighted by atomic mass is 10.0. The molecule has 2 rings (SSSR count). The summed E-state index contributed by atoms with van der Waals surface area (Å²) in [6, 6.07) is 2.96. The van der Waals surface area contributed by atoms with Crippen molar-refractivity contribution in [3.05, 3.63) is 34.1 Å². The van der Waals surface area contributed by atoms with Crippen LogP contribution in [-0.2, 0) is 0 Å². The first-order valence-corrected chi connectivity index (χ1v) is 5.18. The molecule has 1 fully saturated rings. The van der Waals surface area contributed by atoms with Crippen LogP contribution in [0.15, 0.2) is 12.1 Å². The Morgan fingerprint density at radius 1 is 1.50 bits per heavy atom. The third-order valence-electron chi connectivity index (χ3n) is 2.77. The van der Waals surface area contributed by atoms with E-state index in [0.29, 0.717) is 16.5 Å². The molecule has 0 heterocycles. The maximum atomic E-state index is 13.5. The smallest absolute Gasteiger partial charge is 0.129 e. The summed E-state index contributed by atoms with van der Waals surface area (Å²) in [6.07, 6.45) is 2.23. The second kappa shape index (κ2) is 3.52. The van der Waals surface area contributed by atoms with Gasteiger partial charge < -0.3 is 5.73 Å². The topological polar surface area (TPSA) is 26.0 Å². The molecule has 1 atom stereocenters. The first kappa shape index (κ1) is 9.94. The molecule has 0 bridgehead atoms. The normalized spacial score (nSPS) is 18.3. The first-order valence-electron chi connectivity index (χ1n) is 4.80. The number of halogens is 2. The van der Waals surface area contributed by atoms with E-state index in [-0.39, 0.29) is 11.9 Å². The Bertz CT molecular complexity index is 361. The van der Waals surface area contributed by atoms with Crippen molar-refractivity contribution in [2.24, 2.45) is 11.7 Å². The molecular formula is C11H13ClFN. The van der Waals surface area contributed by atoms with Gasteiger partial charge in [-0.05, 0) is 37.3 Å². The number of hydrogen-bond acceptors (Lipinski definition) is 1. The fourth-order valence-corrected chi connectivity index (χ4v) is 1.79. The van der Waals surface area contributed by atoms with Crippen LogP contribution in [0.2, 0.25) is 5.02 Å². The molecule has 14 heavy (non-hydrogen) atoms. The molecule has 0 aromatic heterocycles. The molecule has 0 spiro atoms. The Morgan fingerprint density at radius 2 is 2.14 bits per heavy atom. The lowest BCUT2D eigenvalue weighted by Crippen LogP contribution is -2.14. The Kier molecular flexibility index (Phi) is 2.50. The van der Waals surface area contributed by atoms with Gasteiger partial charge in [-0.15, -0.1) is 0 Å². The average Bonchev–Trinajstić information content (AvgIpc) is 2.93. The molecule has 76 valence electrons. The monoisotopic (exact) mass is 213 g/mol. The Labute approximate surface area is 88.1 Å². The van der Waals surface area contributed by atoms with Crippen LogP contribution in [-0.4, -0.2) is 0 Å². The van der Waals surface area contributed by atoms with Gasteiger partial charge in [-0.2, -0.15) is 0 Å². The molecule has 3 heteroatoms. The van der Waals surface area contributed by atoms with Gasteiger partial charge in [0.1, 0.15) is 5.82 Å². The summed E-state index contributed by atoms with van der Waals surface area (Å²) < 4.78 is 13.5. The number of benzene rings is 1. The van der Waals surface area contributed by atoms with Crippen LogP contribution in [0.4, 0.5) is 4.39 Å². The highest BCUT2D eigenvalue weighted by Gasteiger charge is 2.31. The molecule has 2 N–H and O–H groups in total. The summed E-state index contributed by atoms with van der Waals surface area (Å²) in [5, 5.41) is 0.467. The molecular weight excluding hydrogens is 201 g/mol. The van der Waals surface area contributed by atoms with Gasteiger partial charge >= 0.3 is 0 Å². The molecule has 1 saturated carbocycles. The zero-order chi connectivity index (χ0) is 10.3. The average molecular weight is 214 g/mol. The van der Waals surface area contributed by atoms with Crippen LogP contribution >= 0.6 is 11.6 Å². The fraction of sp³-hybridized carbons (Fsp3) is 0.455. The summed E-state index contributed by atoms with van der Waals surface area (Å²) in [4.78, 5) is 0. The van der Waals surface area contributed by atoms with Crippen LogP contribution < -0.4 is 5.73 Å². The summed E-state index contributed by atoms with van der Waals surface area (Å²) in [7, 11) is 0. The minimum absolute atomic E-state index is 0.161. The third-order valence-corrected chi connectivity index (χ3v) is 3.17. The SMILES string of the molecule is Cc1cc(C(N)C2CC2)c(F)cc1Cl. The van der Waals surface area contributed by atoms with E-state index in [4.69, 9.17) is 17.3 Å². The number of rotatable bonds is 2. The van der Waals surface area contributed by atoms with Crippen molar-refractivity contribution in [2.45, 2.75) is 25.8 Å². The van der Waals surface area contributed by atoms with Gasteiger partial charge in [0.05, 0.1) is 0 Å². The van der Waals surface area contributed by atoms with E-state index in [1.807, 2.05) is 6.92 Å². The molecule has 1 aliphatic rings. The van der Waals surface area contributed by atoms with E-state index in [9.17, 15) is 4.39 Å². The number of hydrogen-bond donors (Lipinski definition) is 1. The van der Waals surface area contributed by atoms with Crippen LogP contribution in [0.1, 0.15) is 30.0 Å². The van der Waals surface area contributed by atoms with E-state index in [0.717, 1.165) is 18.4 Å². The molecule has 0 aliphatic heterocycles. The second-order valence-corrected chi connectivity index (χ2v) is 4.39. The maximum absolute atomic E-state index is 13.5. The third kappa shape index (κ3) is 1.77. The van der Waals surface area contributed by atoms with E-state index in [1.165, 1.54) is 6.07 Å². The second-order valence-electron chi connectivity index (χ2n) is 3.99. The first-order chi connectivity index (χ1) is 6.59. The molecule has 1 nitrogen and oxygen atoms in total. The predicted molar refractivity (Wildman–Crippen MR) is 55.8 cm³/mol. The van der Waals surface area contributed by atoms with Crippen LogP contribution in [0.3, 0.4) is 0 Å². The molecule has 1 aliphatic carbocycles. The largest absolute Gasteiger partial charge is 0.324 e. The van der Waals surface area contributed by atoms with Gasteiger partial charge in [-0.3, -0.25) is 0 Å². The van der Waals surface area contributed by atoms with E-state index >= 15 is 0 Å². The lowest BCUT2D eigenvalue weighted by Gasteiger charge is -2.13. The molecule has 1 unspecified atom stereocenters. The van der Waals surface area contributed by atoms with E-state index < -0.39 is 0 Å². The minimum atomic E-state index is -0.278. The van der Waals surface area contributed by atoms with Crippen molar-refractivity contribution in [3.8, 4) is 0 Å². The van der Waals surface area contributed by atoms with Crippen LogP contribution in [0, 0.1) is 18.7 Å². The van der Waals surface area contributed by atoms with Crippen LogP contribution in [0.5, 0.6) is 0 Å². The maximum Gasteiger partial charge on any atom is 0.129 e. The van der Waals surface area contributed by atoms with Gasteiger partial charge in [0.15, 0.2) is 0 Å². The van der Waals surface area contributed by atoms with Gasteiger partial charge in [0, 0.05) is 16.6 Å². The summed E-state index contributed by atoms with van der Waals surface area (Å²) in [5.74, 6) is 0.185. The van der Waals surface area contributed by atoms with Crippen molar-refractivity contribution < 1.29 is 4.39 Å². The highest BCUT2D eigenvalue weighted by Crippen LogP contribution is 2.40. The molecule has 1 aromatic rings. The van der Waals surface area contributed by atoms with Gasteiger partial charge in [0.2, 0.25) is 0 Å². The standard InChI is InChI=1S/C11H13ClFN/c1-6-4-8(10(13)5-9(6)12)11(14)7-2-3-7/h4-5,7,11H,2-3,14H2,1H3. The minimum Gasteiger partial charge on any atom is -0.324 e. The van der Waals surface area contributed by atoms with Crippen molar-refractivity contribution in [1.82, 2.24) is 0 Å². The quantitative estimate of drug-likeness (QED) is 0.802. The van der Waals surface area contributed by atoms with Gasteiger partial charge in [-0.1, -0.05) is 17.7 Å². The van der Waals surface area contributed by atoms with Crippen molar-refractivity contribution in [2.75, 3.05) is 0 Å². The van der Waals surface area contributed by atoms with Gasteiger partial charge in [0.25, 0.3) is 0 Å². The van der Waals surface area contributed by atoms with E-state index in [2.05, 4.69) is 0 Å². The number of aryl methyl sites for hydroxylation is 1. The predicted octanol–water partition coefficient (Wildman–Crippen LogP) is 3.20. The van der Waals surface area contributed by atoms with Crippen molar-refractivity contribution >= 4 is 11.6 Å². The molecule has 0 saturated heterocycles. The Morgan fingerprint density at radius 3 is 2.71 bits per heavy atom. The summed E-state index contributed by atoms with van der Waals surface area (Å²) in [6.45, 7) is 1.87. The highest BCUT2D eigenvalue weighted by atomic mass is 35.5. The zero-order valence-corrected chi connectivity index (χ0v) is 8.81. The van der Waals surface area contributed by atoms with Crippen LogP contribution in [0.25, 0.3) is 0 Å². The highest BCUT2D eigenvalue weighted by molar-refractivity contribution is 6.31. The molecule has 0 amide bonds. The zero-order valence-electron chi connectivity index (χ0n) is 8.06. The summed E-state index contributed by atoms with van der Waals surface area (Å²) in [5.41, 5.74) is 7.43. The van der Waals surface area contributed by atoms with E-state index in [1.54, 1.807) is 6.07 Å². The lowest BCUT2D eigenvalue weighted by molar-refractivity contribution is 0.553. The van der Waals surface area contributed by atoms with Gasteiger partial charge in [-0.25, -0.2) is 4.39 Å². The summed E-state index contributed by atoms with van der Waals surface area (Å²) >= 11 is 5.80. The molecule has 1 aromatic carbocycles.